The molecule has 0 fully saturated rings. The van der Waals surface area contributed by atoms with Crippen molar-refractivity contribution in [1.29, 1.82) is 0 Å². The van der Waals surface area contributed by atoms with Crippen LogP contribution in [0.1, 0.15) is 25.7 Å². The Morgan fingerprint density at radius 1 is 0.275 bits per heavy atom. The van der Waals surface area contributed by atoms with Crippen LogP contribution in [0.4, 0.5) is 171 Å². The van der Waals surface area contributed by atoms with Crippen LogP contribution < -0.4 is 0 Å². The van der Waals surface area contributed by atoms with Gasteiger partial charge in [-0.1, -0.05) is 23.4 Å². The van der Waals surface area contributed by atoms with Gasteiger partial charge in [-0.05, 0) is 24.6 Å². The van der Waals surface area contributed by atoms with Crippen molar-refractivity contribution >= 4 is 8.07 Å². The van der Waals surface area contributed by atoms with E-state index in [2.05, 4.69) is 0 Å². The summed E-state index contributed by atoms with van der Waals surface area (Å²) in [6, 6.07) is -9.66. The number of rotatable bonds is 22. The summed E-state index contributed by atoms with van der Waals surface area (Å²) in [5.74, 6) is -127. The second-order valence-corrected chi connectivity index (χ2v) is 19.3. The third kappa shape index (κ3) is 9.35. The molecule has 69 heavy (non-hydrogen) atoms. The molecule has 40 heteroatoms. The molecule has 0 aromatic heterocycles. The molecule has 1 aliphatic carbocycles. The van der Waals surface area contributed by atoms with Crippen molar-refractivity contribution in [2.45, 2.75) is 151 Å². The SMILES string of the molecule is FC(F)(F)C(F)(F)C(F)(F)C(F)(F)C(F)(F)C(F)(F)CC[Si](CCC(F)(F)C(F)(F)C(F)(F)C(F)(F)C(F)(F)C(F)(F)F)(CCC(F)(F)C(F)(F)C(F)(F)C(F)(F)C(F)(F)C(F)(F)F)C1=CC=CC1. The van der Waals surface area contributed by atoms with Crippen LogP contribution in [0.15, 0.2) is 23.4 Å². The van der Waals surface area contributed by atoms with Crippen molar-refractivity contribution < 1.29 is 171 Å². The maximum absolute atomic E-state index is 14.9. The fourth-order valence-electron chi connectivity index (χ4n) is 5.76. The van der Waals surface area contributed by atoms with Crippen LogP contribution in [0.5, 0.6) is 0 Å². The van der Waals surface area contributed by atoms with Gasteiger partial charge < -0.3 is 0 Å². The molecule has 0 bridgehead atoms. The smallest absolute Gasteiger partial charge is 0.200 e. The highest BCUT2D eigenvalue weighted by atomic mass is 28.3. The Kier molecular flexibility index (Phi) is 16.0. The van der Waals surface area contributed by atoms with Gasteiger partial charge in [-0.15, -0.1) is 0 Å². The maximum atomic E-state index is 14.9. The summed E-state index contributed by atoms with van der Waals surface area (Å²) in [6.45, 7) is 0. The van der Waals surface area contributed by atoms with Crippen LogP contribution in [0, 0.1) is 0 Å². The van der Waals surface area contributed by atoms with E-state index in [0.717, 1.165) is 0 Å². The minimum absolute atomic E-state index is 0.124. The lowest BCUT2D eigenvalue weighted by Gasteiger charge is -2.43. The number of alkyl halides is 39. The van der Waals surface area contributed by atoms with Gasteiger partial charge in [-0.25, -0.2) is 0 Å². The highest BCUT2D eigenvalue weighted by Gasteiger charge is 2.93. The van der Waals surface area contributed by atoms with Gasteiger partial charge in [0.25, 0.3) is 0 Å². The molecule has 0 aliphatic heterocycles. The fourth-order valence-corrected chi connectivity index (χ4v) is 10.9. The summed E-state index contributed by atoms with van der Waals surface area (Å²) >= 11 is 0. The van der Waals surface area contributed by atoms with E-state index in [0.29, 0.717) is 0 Å². The molecule has 410 valence electrons. The standard InChI is InChI=1S/C29H17F39Si/c30-12(31,15(36,37)18(42,43)21(48,49)24(54,55)27(60,61)62)5-8-69(11-3-1-2-4-11,9-6-13(32,33)16(38,39)19(44,45)22(50,51)25(56,57)28(63,64)65)10-7-14(34,35)17(40,41)20(46,47)23(52,53)26(58,59)29(66,67)68/h1-3H,4-10H2. The lowest BCUT2D eigenvalue weighted by Crippen LogP contribution is -2.70. The van der Waals surface area contributed by atoms with Gasteiger partial charge in [0.05, 0.1) is 8.07 Å². The summed E-state index contributed by atoms with van der Waals surface area (Å²) in [4.78, 5) is 0. The van der Waals surface area contributed by atoms with Crippen LogP contribution in [0.3, 0.4) is 0 Å². The van der Waals surface area contributed by atoms with Gasteiger partial charge in [0.1, 0.15) is 0 Å². The van der Waals surface area contributed by atoms with Crippen LogP contribution in [-0.4, -0.2) is 115 Å². The molecule has 0 nitrogen and oxygen atoms in total. The van der Waals surface area contributed by atoms with Gasteiger partial charge in [0.15, 0.2) is 0 Å². The third-order valence-electron chi connectivity index (χ3n) is 10.2. The lowest BCUT2D eigenvalue weighted by molar-refractivity contribution is -0.440. The predicted molar refractivity (Wildman–Crippen MR) is 148 cm³/mol. The molecule has 1 rings (SSSR count). The molecule has 0 aromatic rings. The fraction of sp³-hybridized carbons (Fsp3) is 0.862. The molecule has 0 atom stereocenters. The predicted octanol–water partition coefficient (Wildman–Crippen LogP) is 16.2. The molecule has 0 N–H and O–H groups in total. The molecule has 0 saturated carbocycles. The average Bonchev–Trinajstić information content (AvgIpc) is 3.68. The highest BCUT2D eigenvalue weighted by Crippen LogP contribution is 2.65. The van der Waals surface area contributed by atoms with E-state index >= 15 is 0 Å². The molecular formula is C29H17F39Si. The van der Waals surface area contributed by atoms with Crippen molar-refractivity contribution in [2.75, 3.05) is 0 Å². The quantitative estimate of drug-likeness (QED) is 0.0749. The molecule has 0 saturated heterocycles. The van der Waals surface area contributed by atoms with Gasteiger partial charge in [0.2, 0.25) is 0 Å². The topological polar surface area (TPSA) is 0 Å². The zero-order valence-corrected chi connectivity index (χ0v) is 32.4. The maximum Gasteiger partial charge on any atom is 0.460 e. The van der Waals surface area contributed by atoms with Crippen LogP contribution >= 0.6 is 0 Å². The number of hydrogen-bond acceptors (Lipinski definition) is 0. The van der Waals surface area contributed by atoms with Gasteiger partial charge in [-0.3, -0.25) is 0 Å². The summed E-state index contributed by atoms with van der Waals surface area (Å²) < 4.78 is 536. The van der Waals surface area contributed by atoms with E-state index < -0.39 is 164 Å². The molecular weight excluding hydrogens is 1120 g/mol. The molecule has 0 aromatic carbocycles. The first-order valence-electron chi connectivity index (χ1n) is 16.7. The average molecular weight is 1130 g/mol. The lowest BCUT2D eigenvalue weighted by atomic mass is 9.93. The van der Waals surface area contributed by atoms with E-state index in [1.54, 1.807) is 0 Å². The summed E-state index contributed by atoms with van der Waals surface area (Å²) in [5, 5.41) is -1.71. The summed E-state index contributed by atoms with van der Waals surface area (Å²) in [6.07, 6.45) is -37.6. The van der Waals surface area contributed by atoms with E-state index in [4.69, 9.17) is 0 Å². The van der Waals surface area contributed by atoms with E-state index in [9.17, 15) is 171 Å². The monoisotopic (exact) mass is 1130 g/mol. The number of allylic oxidation sites excluding steroid dienone is 4. The summed E-state index contributed by atoms with van der Waals surface area (Å²) in [5.41, 5.74) is 0. The zero-order chi connectivity index (χ0) is 56.1. The Morgan fingerprint density at radius 3 is 0.623 bits per heavy atom. The normalized spacial score (nSPS) is 17.5. The number of hydrogen-bond donors (Lipinski definition) is 0. The minimum Gasteiger partial charge on any atom is -0.200 e. The first-order chi connectivity index (χ1) is 29.5. The Hall–Kier alpha value is -3.03. The van der Waals surface area contributed by atoms with Crippen molar-refractivity contribution in [1.82, 2.24) is 0 Å². The van der Waals surface area contributed by atoms with Crippen molar-refractivity contribution in [3.05, 3.63) is 23.4 Å². The second kappa shape index (κ2) is 17.3. The van der Waals surface area contributed by atoms with Gasteiger partial charge >= 0.3 is 107 Å². The van der Waals surface area contributed by atoms with Crippen molar-refractivity contribution in [3.63, 3.8) is 0 Å². The van der Waals surface area contributed by atoms with E-state index in [1.807, 2.05) is 0 Å². The molecule has 0 heterocycles. The first-order valence-corrected chi connectivity index (χ1v) is 19.3. The molecule has 0 unspecified atom stereocenters. The Balaban J connectivity index is 4.29. The van der Waals surface area contributed by atoms with Crippen molar-refractivity contribution in [3.8, 4) is 0 Å². The molecule has 1 aliphatic rings. The first kappa shape index (κ1) is 64.0. The van der Waals surface area contributed by atoms with Gasteiger partial charge in [0, 0.05) is 19.3 Å². The highest BCUT2D eigenvalue weighted by molar-refractivity contribution is 6.86. The third-order valence-corrected chi connectivity index (χ3v) is 15.6. The summed E-state index contributed by atoms with van der Waals surface area (Å²) in [7, 11) is -6.87. The van der Waals surface area contributed by atoms with Crippen LogP contribution in [-0.2, 0) is 0 Å². The Morgan fingerprint density at radius 2 is 0.464 bits per heavy atom. The zero-order valence-electron chi connectivity index (χ0n) is 31.4. The van der Waals surface area contributed by atoms with Crippen LogP contribution in [0.2, 0.25) is 18.1 Å². The van der Waals surface area contributed by atoms with E-state index in [-0.39, 0.29) is 18.2 Å². The molecule has 0 amide bonds. The largest absolute Gasteiger partial charge is 0.460 e. The molecule has 0 spiro atoms. The minimum atomic E-state index is -8.85. The Bertz CT molecular complexity index is 1680. The van der Waals surface area contributed by atoms with Crippen LogP contribution in [0.25, 0.3) is 0 Å². The molecule has 0 radical (unpaired) electrons. The van der Waals surface area contributed by atoms with Crippen molar-refractivity contribution in [2.24, 2.45) is 0 Å². The Labute approximate surface area is 354 Å². The van der Waals surface area contributed by atoms with Gasteiger partial charge in [-0.2, -0.15) is 171 Å². The number of halogens is 39. The second-order valence-electron chi connectivity index (χ2n) is 14.6. The van der Waals surface area contributed by atoms with E-state index in [1.165, 1.54) is 0 Å².